The smallest absolute Gasteiger partial charge is 0.135 e. The summed E-state index contributed by atoms with van der Waals surface area (Å²) >= 11 is 0. The Labute approximate surface area is 157 Å². The van der Waals surface area contributed by atoms with Crippen LogP contribution in [0, 0.1) is 11.3 Å². The Morgan fingerprint density at radius 3 is 2.27 bits per heavy atom. The molecule has 1 aromatic heterocycles. The van der Waals surface area contributed by atoms with Gasteiger partial charge in [0, 0.05) is 50.5 Å². The summed E-state index contributed by atoms with van der Waals surface area (Å²) in [6, 6.07) is 0.745. The molecule has 0 atom stereocenters. The normalized spacial score (nSPS) is 31.8. The van der Waals surface area contributed by atoms with E-state index in [0.29, 0.717) is 29.5 Å². The summed E-state index contributed by atoms with van der Waals surface area (Å²) in [4.78, 5) is 25.9. The molecule has 1 saturated heterocycles. The predicted molar refractivity (Wildman–Crippen MR) is 103 cm³/mol. The molecule has 2 saturated carbocycles. The van der Waals surface area contributed by atoms with E-state index >= 15 is 0 Å². The van der Waals surface area contributed by atoms with Crippen LogP contribution in [0.2, 0.25) is 0 Å². The third-order valence-corrected chi connectivity index (χ3v) is 6.87. The molecule has 0 aromatic carbocycles. The van der Waals surface area contributed by atoms with Crippen molar-refractivity contribution in [1.82, 2.24) is 14.9 Å². The molecule has 1 spiro atoms. The summed E-state index contributed by atoms with van der Waals surface area (Å²) in [5.74, 6) is 2.17. The van der Waals surface area contributed by atoms with Crippen molar-refractivity contribution >= 4 is 11.5 Å². The van der Waals surface area contributed by atoms with E-state index in [2.05, 4.69) is 33.6 Å². The van der Waals surface area contributed by atoms with Crippen LogP contribution in [0.25, 0.3) is 0 Å². The van der Waals surface area contributed by atoms with Crippen LogP contribution >= 0.6 is 0 Å². The Morgan fingerprint density at radius 1 is 1.12 bits per heavy atom. The van der Waals surface area contributed by atoms with E-state index in [1.807, 2.05) is 19.3 Å². The quantitative estimate of drug-likeness (QED) is 0.810. The van der Waals surface area contributed by atoms with Gasteiger partial charge in [-0.15, -0.1) is 0 Å². The summed E-state index contributed by atoms with van der Waals surface area (Å²) in [5.41, 5.74) is 1.68. The highest BCUT2D eigenvalue weighted by atomic mass is 16.1. The van der Waals surface area contributed by atoms with Gasteiger partial charge >= 0.3 is 0 Å². The van der Waals surface area contributed by atoms with Crippen molar-refractivity contribution in [3.05, 3.63) is 18.2 Å². The Morgan fingerprint density at radius 2 is 1.73 bits per heavy atom. The lowest BCUT2D eigenvalue weighted by Gasteiger charge is -2.60. The maximum absolute atomic E-state index is 11.8. The van der Waals surface area contributed by atoms with Gasteiger partial charge in [-0.25, -0.2) is 9.97 Å². The number of carbonyl (C=O) groups is 1. The Balaban J connectivity index is 1.23. The fourth-order valence-corrected chi connectivity index (χ4v) is 5.17. The van der Waals surface area contributed by atoms with E-state index in [1.54, 1.807) is 0 Å². The second-order valence-electron chi connectivity index (χ2n) is 8.96. The van der Waals surface area contributed by atoms with E-state index in [4.69, 9.17) is 0 Å². The predicted octanol–water partition coefficient (Wildman–Crippen LogP) is 3.26. The van der Waals surface area contributed by atoms with Gasteiger partial charge in [-0.3, -0.25) is 9.69 Å². The van der Waals surface area contributed by atoms with Crippen molar-refractivity contribution in [3.63, 3.8) is 0 Å². The molecule has 0 amide bonds. The second-order valence-corrected chi connectivity index (χ2v) is 8.96. The molecule has 142 valence electrons. The fourth-order valence-electron chi connectivity index (χ4n) is 5.17. The highest BCUT2D eigenvalue weighted by Crippen LogP contribution is 2.60. The van der Waals surface area contributed by atoms with Crippen LogP contribution in [0.3, 0.4) is 0 Å². The van der Waals surface area contributed by atoms with Crippen molar-refractivity contribution in [2.24, 2.45) is 11.3 Å². The van der Waals surface area contributed by atoms with E-state index in [9.17, 15) is 4.79 Å². The molecule has 3 fully saturated rings. The number of hydrogen-bond acceptors (Lipinski definition) is 5. The monoisotopic (exact) mass is 356 g/mol. The minimum absolute atomic E-state index is 0.380. The van der Waals surface area contributed by atoms with Crippen LogP contribution in [0.4, 0.5) is 5.69 Å². The highest BCUT2D eigenvalue weighted by molar-refractivity contribution is 5.81. The van der Waals surface area contributed by atoms with Crippen molar-refractivity contribution in [1.29, 1.82) is 0 Å². The standard InChI is InChI=1S/C21H32N4O/c1-4-19(26)16-9-21(10-16)11-17(12-21)24-5-7-25(8-6-24)18-13-22-20(15(2)3)23-14-18/h13-17H,4-12H2,1-3H3. The third kappa shape index (κ3) is 3.26. The highest BCUT2D eigenvalue weighted by Gasteiger charge is 2.55. The third-order valence-electron chi connectivity index (χ3n) is 6.87. The molecule has 1 aromatic rings. The van der Waals surface area contributed by atoms with E-state index in [-0.39, 0.29) is 0 Å². The molecule has 26 heavy (non-hydrogen) atoms. The first-order valence-corrected chi connectivity index (χ1v) is 10.3. The van der Waals surface area contributed by atoms with Crippen molar-refractivity contribution < 1.29 is 4.79 Å². The van der Waals surface area contributed by atoms with Crippen molar-refractivity contribution in [2.75, 3.05) is 31.1 Å². The average Bonchev–Trinajstić information content (AvgIpc) is 2.59. The van der Waals surface area contributed by atoms with Crippen LogP contribution in [-0.4, -0.2) is 52.9 Å². The minimum Gasteiger partial charge on any atom is -0.366 e. The maximum atomic E-state index is 11.8. The maximum Gasteiger partial charge on any atom is 0.135 e. The second kappa shape index (κ2) is 6.91. The molecule has 5 nitrogen and oxygen atoms in total. The molecule has 0 N–H and O–H groups in total. The van der Waals surface area contributed by atoms with Gasteiger partial charge in [-0.05, 0) is 31.1 Å². The van der Waals surface area contributed by atoms with Gasteiger partial charge in [0.25, 0.3) is 0 Å². The molecule has 0 unspecified atom stereocenters. The van der Waals surface area contributed by atoms with Gasteiger partial charge in [-0.2, -0.15) is 0 Å². The van der Waals surface area contributed by atoms with Crippen LogP contribution in [-0.2, 0) is 4.79 Å². The molecule has 0 radical (unpaired) electrons. The lowest BCUT2D eigenvalue weighted by Crippen LogP contribution is -2.60. The van der Waals surface area contributed by atoms with Gasteiger partial charge in [0.2, 0.25) is 0 Å². The molecule has 4 rings (SSSR count). The number of Topliss-reactive ketones (excluding diaryl/α,β-unsaturated/α-hetero) is 1. The molecule has 3 aliphatic rings. The summed E-state index contributed by atoms with van der Waals surface area (Å²) in [6.45, 7) is 10.6. The number of rotatable bonds is 5. The SMILES string of the molecule is CCC(=O)C1CC2(C1)CC(N1CCN(c3cnc(C(C)C)nc3)CC1)C2. The largest absolute Gasteiger partial charge is 0.366 e. The first kappa shape index (κ1) is 17.9. The number of nitrogens with zero attached hydrogens (tertiary/aromatic N) is 4. The summed E-state index contributed by atoms with van der Waals surface area (Å²) < 4.78 is 0. The lowest BCUT2D eigenvalue weighted by molar-refractivity contribution is -0.140. The number of hydrogen-bond donors (Lipinski definition) is 0. The summed E-state index contributed by atoms with van der Waals surface area (Å²) in [7, 11) is 0. The fraction of sp³-hybridized carbons (Fsp3) is 0.762. The number of carbonyl (C=O) groups excluding carboxylic acids is 1. The van der Waals surface area contributed by atoms with E-state index < -0.39 is 0 Å². The minimum atomic E-state index is 0.380. The van der Waals surface area contributed by atoms with Crippen molar-refractivity contribution in [3.8, 4) is 0 Å². The van der Waals surface area contributed by atoms with E-state index in [1.165, 1.54) is 12.8 Å². The number of piperazine rings is 1. The first-order valence-electron chi connectivity index (χ1n) is 10.3. The van der Waals surface area contributed by atoms with Crippen LogP contribution in [0.15, 0.2) is 12.4 Å². The molecular formula is C21H32N4O. The van der Waals surface area contributed by atoms with Gasteiger partial charge in [0.05, 0.1) is 18.1 Å². The Hall–Kier alpha value is -1.49. The lowest BCUT2D eigenvalue weighted by atomic mass is 9.49. The molecule has 0 bridgehead atoms. The first-order chi connectivity index (χ1) is 12.5. The molecular weight excluding hydrogens is 324 g/mol. The molecule has 1 aliphatic heterocycles. The van der Waals surface area contributed by atoms with Gasteiger partial charge in [0.1, 0.15) is 11.6 Å². The molecule has 2 heterocycles. The zero-order chi connectivity index (χ0) is 18.3. The van der Waals surface area contributed by atoms with Crippen LogP contribution < -0.4 is 4.90 Å². The zero-order valence-corrected chi connectivity index (χ0v) is 16.4. The number of aromatic nitrogens is 2. The van der Waals surface area contributed by atoms with Gasteiger partial charge in [0.15, 0.2) is 0 Å². The topological polar surface area (TPSA) is 49.3 Å². The molecule has 5 heteroatoms. The van der Waals surface area contributed by atoms with Gasteiger partial charge in [-0.1, -0.05) is 20.8 Å². The van der Waals surface area contributed by atoms with Crippen LogP contribution in [0.5, 0.6) is 0 Å². The van der Waals surface area contributed by atoms with Crippen molar-refractivity contribution in [2.45, 2.75) is 64.8 Å². The van der Waals surface area contributed by atoms with Gasteiger partial charge < -0.3 is 4.90 Å². The Bertz CT molecular complexity index is 634. The number of ketones is 1. The average molecular weight is 357 g/mol. The number of anilines is 1. The zero-order valence-electron chi connectivity index (χ0n) is 16.4. The van der Waals surface area contributed by atoms with Crippen LogP contribution in [0.1, 0.15) is 64.6 Å². The Kier molecular flexibility index (Phi) is 4.76. The molecule has 2 aliphatic carbocycles. The van der Waals surface area contributed by atoms with E-state index in [0.717, 1.165) is 56.6 Å². The summed E-state index contributed by atoms with van der Waals surface area (Å²) in [5, 5.41) is 0. The summed E-state index contributed by atoms with van der Waals surface area (Å²) in [6.07, 6.45) is 9.63.